The molecule has 0 aliphatic heterocycles. The highest BCUT2D eigenvalue weighted by molar-refractivity contribution is 5.17. The van der Waals surface area contributed by atoms with E-state index in [2.05, 4.69) is 22.4 Å². The van der Waals surface area contributed by atoms with Crippen LogP contribution in [-0.4, -0.2) is 18.6 Å². The summed E-state index contributed by atoms with van der Waals surface area (Å²) >= 11 is 0. The first-order valence-corrected chi connectivity index (χ1v) is 5.96. The fraction of sp³-hybridized carbons (Fsp3) is 0.615. The number of pyridine rings is 1. The van der Waals surface area contributed by atoms with Crippen molar-refractivity contribution in [3.8, 4) is 0 Å². The van der Waals surface area contributed by atoms with Gasteiger partial charge in [0.15, 0.2) is 0 Å². The standard InChI is InChI=1S/C13H20N2/c1-14-10-13(11-4-2-3-5-11)12-6-8-15-9-7-12/h6-9,11,13-14H,2-5,10H2,1H3. The predicted molar refractivity (Wildman–Crippen MR) is 62.9 cm³/mol. The molecule has 2 heteroatoms. The maximum Gasteiger partial charge on any atom is 0.0270 e. The summed E-state index contributed by atoms with van der Waals surface area (Å²) in [5, 5.41) is 3.32. The quantitative estimate of drug-likeness (QED) is 0.815. The van der Waals surface area contributed by atoms with Crippen molar-refractivity contribution in [2.45, 2.75) is 31.6 Å². The summed E-state index contributed by atoms with van der Waals surface area (Å²) in [5.74, 6) is 1.56. The van der Waals surface area contributed by atoms with Crippen LogP contribution in [0.5, 0.6) is 0 Å². The van der Waals surface area contributed by atoms with Gasteiger partial charge in [-0.15, -0.1) is 0 Å². The Hall–Kier alpha value is -0.890. The zero-order valence-corrected chi connectivity index (χ0v) is 9.45. The molecule has 0 amide bonds. The minimum atomic E-state index is 0.681. The van der Waals surface area contributed by atoms with Crippen LogP contribution in [0.1, 0.15) is 37.2 Å². The van der Waals surface area contributed by atoms with E-state index < -0.39 is 0 Å². The molecule has 82 valence electrons. The highest BCUT2D eigenvalue weighted by atomic mass is 14.8. The molecular formula is C13H20N2. The van der Waals surface area contributed by atoms with Crippen LogP contribution in [0.15, 0.2) is 24.5 Å². The first-order valence-electron chi connectivity index (χ1n) is 5.96. The van der Waals surface area contributed by atoms with Gasteiger partial charge in [-0.3, -0.25) is 4.98 Å². The number of rotatable bonds is 4. The molecule has 1 atom stereocenters. The van der Waals surface area contributed by atoms with Crippen molar-refractivity contribution in [3.63, 3.8) is 0 Å². The molecule has 1 aromatic rings. The lowest BCUT2D eigenvalue weighted by molar-refractivity contribution is 0.421. The average molecular weight is 204 g/mol. The summed E-state index contributed by atoms with van der Waals surface area (Å²) in [7, 11) is 2.04. The van der Waals surface area contributed by atoms with Crippen LogP contribution in [0.25, 0.3) is 0 Å². The van der Waals surface area contributed by atoms with Gasteiger partial charge >= 0.3 is 0 Å². The van der Waals surface area contributed by atoms with Crippen molar-refractivity contribution in [1.82, 2.24) is 10.3 Å². The fourth-order valence-corrected chi connectivity index (χ4v) is 2.75. The largest absolute Gasteiger partial charge is 0.319 e. The monoisotopic (exact) mass is 204 g/mol. The van der Waals surface area contributed by atoms with E-state index in [9.17, 15) is 0 Å². The molecule has 1 saturated carbocycles. The summed E-state index contributed by atoms with van der Waals surface area (Å²) < 4.78 is 0. The van der Waals surface area contributed by atoms with Crippen LogP contribution in [0.2, 0.25) is 0 Å². The van der Waals surface area contributed by atoms with Crippen molar-refractivity contribution < 1.29 is 0 Å². The van der Waals surface area contributed by atoms with E-state index in [1.165, 1.54) is 31.2 Å². The van der Waals surface area contributed by atoms with Gasteiger partial charge in [0.2, 0.25) is 0 Å². The normalized spacial score (nSPS) is 19.3. The Bertz CT molecular complexity index is 278. The van der Waals surface area contributed by atoms with Gasteiger partial charge in [0, 0.05) is 18.9 Å². The third-order valence-corrected chi connectivity index (χ3v) is 3.53. The highest BCUT2D eigenvalue weighted by Crippen LogP contribution is 2.36. The van der Waals surface area contributed by atoms with Gasteiger partial charge in [-0.1, -0.05) is 12.8 Å². The molecule has 0 spiro atoms. The molecule has 1 N–H and O–H groups in total. The summed E-state index contributed by atoms with van der Waals surface area (Å²) in [6, 6.07) is 4.33. The van der Waals surface area contributed by atoms with Crippen LogP contribution in [-0.2, 0) is 0 Å². The lowest BCUT2D eigenvalue weighted by atomic mass is 9.85. The Labute approximate surface area is 92.1 Å². The lowest BCUT2D eigenvalue weighted by Crippen LogP contribution is -2.22. The number of nitrogens with zero attached hydrogens (tertiary/aromatic N) is 1. The zero-order chi connectivity index (χ0) is 10.5. The molecular weight excluding hydrogens is 184 g/mol. The molecule has 1 heterocycles. The second kappa shape index (κ2) is 5.26. The van der Waals surface area contributed by atoms with E-state index >= 15 is 0 Å². The van der Waals surface area contributed by atoms with E-state index in [0.29, 0.717) is 5.92 Å². The minimum absolute atomic E-state index is 0.681. The SMILES string of the molecule is CNCC(c1ccncc1)C1CCCC1. The topological polar surface area (TPSA) is 24.9 Å². The third kappa shape index (κ3) is 2.57. The van der Waals surface area contributed by atoms with E-state index in [-0.39, 0.29) is 0 Å². The smallest absolute Gasteiger partial charge is 0.0270 e. The Balaban J connectivity index is 2.11. The summed E-state index contributed by atoms with van der Waals surface area (Å²) in [5.41, 5.74) is 1.45. The molecule has 0 bridgehead atoms. The molecule has 0 aromatic carbocycles. The summed E-state index contributed by atoms with van der Waals surface area (Å²) in [6.45, 7) is 1.09. The Kier molecular flexibility index (Phi) is 3.73. The van der Waals surface area contributed by atoms with Crippen LogP contribution in [0, 0.1) is 5.92 Å². The second-order valence-corrected chi connectivity index (χ2v) is 4.49. The van der Waals surface area contributed by atoms with Gasteiger partial charge in [0.1, 0.15) is 0 Å². The maximum atomic E-state index is 4.09. The van der Waals surface area contributed by atoms with Gasteiger partial charge in [-0.05, 0) is 49.4 Å². The Morgan fingerprint density at radius 2 is 2.00 bits per heavy atom. The summed E-state index contributed by atoms with van der Waals surface area (Å²) in [6.07, 6.45) is 9.44. The molecule has 1 fully saturated rings. The minimum Gasteiger partial charge on any atom is -0.319 e. The highest BCUT2D eigenvalue weighted by Gasteiger charge is 2.25. The first kappa shape index (κ1) is 10.6. The molecule has 15 heavy (non-hydrogen) atoms. The number of nitrogens with one attached hydrogen (secondary N) is 1. The molecule has 2 nitrogen and oxygen atoms in total. The van der Waals surface area contributed by atoms with Gasteiger partial charge in [0.25, 0.3) is 0 Å². The number of likely N-dealkylation sites (N-methyl/N-ethyl adjacent to an activating group) is 1. The molecule has 1 aliphatic carbocycles. The molecule has 1 unspecified atom stereocenters. The van der Waals surface area contributed by atoms with Crippen LogP contribution in [0.4, 0.5) is 0 Å². The third-order valence-electron chi connectivity index (χ3n) is 3.53. The predicted octanol–water partition coefficient (Wildman–Crippen LogP) is 2.57. The number of hydrogen-bond acceptors (Lipinski definition) is 2. The van der Waals surface area contributed by atoms with Crippen molar-refractivity contribution >= 4 is 0 Å². The first-order chi connectivity index (χ1) is 7.42. The maximum absolute atomic E-state index is 4.09. The van der Waals surface area contributed by atoms with Crippen molar-refractivity contribution in [1.29, 1.82) is 0 Å². The number of hydrogen-bond donors (Lipinski definition) is 1. The van der Waals surface area contributed by atoms with Crippen LogP contribution < -0.4 is 5.32 Å². The molecule has 0 radical (unpaired) electrons. The van der Waals surface area contributed by atoms with Crippen LogP contribution >= 0.6 is 0 Å². The van der Waals surface area contributed by atoms with Crippen molar-refractivity contribution in [2.24, 2.45) is 5.92 Å². The molecule has 2 rings (SSSR count). The fourth-order valence-electron chi connectivity index (χ4n) is 2.75. The Morgan fingerprint density at radius 3 is 2.60 bits per heavy atom. The zero-order valence-electron chi connectivity index (χ0n) is 9.45. The van der Waals surface area contributed by atoms with Crippen molar-refractivity contribution in [3.05, 3.63) is 30.1 Å². The summed E-state index contributed by atoms with van der Waals surface area (Å²) in [4.78, 5) is 4.09. The molecule has 1 aromatic heterocycles. The van der Waals surface area contributed by atoms with E-state index in [1.54, 1.807) is 0 Å². The molecule has 1 aliphatic rings. The van der Waals surface area contributed by atoms with Gasteiger partial charge < -0.3 is 5.32 Å². The molecule has 0 saturated heterocycles. The van der Waals surface area contributed by atoms with Gasteiger partial charge in [-0.2, -0.15) is 0 Å². The van der Waals surface area contributed by atoms with Crippen LogP contribution in [0.3, 0.4) is 0 Å². The van der Waals surface area contributed by atoms with E-state index in [0.717, 1.165) is 12.5 Å². The van der Waals surface area contributed by atoms with Gasteiger partial charge in [-0.25, -0.2) is 0 Å². The van der Waals surface area contributed by atoms with Gasteiger partial charge in [0.05, 0.1) is 0 Å². The van der Waals surface area contributed by atoms with E-state index in [1.807, 2.05) is 19.4 Å². The van der Waals surface area contributed by atoms with Crippen molar-refractivity contribution in [2.75, 3.05) is 13.6 Å². The lowest BCUT2D eigenvalue weighted by Gasteiger charge is -2.23. The van der Waals surface area contributed by atoms with E-state index in [4.69, 9.17) is 0 Å². The average Bonchev–Trinajstić information content (AvgIpc) is 2.80. The Morgan fingerprint density at radius 1 is 1.33 bits per heavy atom. The number of aromatic nitrogens is 1. The second-order valence-electron chi connectivity index (χ2n) is 4.49.